The SMILES string of the molecule is O=[N+]([O-])c1ccc(C#CC(c2ccccc2)c2ccc(C(F)F)cc2)cc1. The monoisotopic (exact) mass is 363 g/mol. The molecule has 0 bridgehead atoms. The summed E-state index contributed by atoms with van der Waals surface area (Å²) in [5.74, 6) is 5.89. The van der Waals surface area contributed by atoms with Crippen LogP contribution in [0.1, 0.15) is 34.6 Å². The van der Waals surface area contributed by atoms with E-state index in [2.05, 4.69) is 11.8 Å². The second-order valence-electron chi connectivity index (χ2n) is 5.88. The normalized spacial score (nSPS) is 11.5. The zero-order chi connectivity index (χ0) is 19.2. The highest BCUT2D eigenvalue weighted by molar-refractivity contribution is 5.46. The second kappa shape index (κ2) is 8.24. The van der Waals surface area contributed by atoms with Gasteiger partial charge in [-0.25, -0.2) is 8.78 Å². The van der Waals surface area contributed by atoms with Gasteiger partial charge in [0.2, 0.25) is 0 Å². The summed E-state index contributed by atoms with van der Waals surface area (Å²) in [4.78, 5) is 10.3. The molecular formula is C22H15F2NO2. The Morgan fingerprint density at radius 3 is 1.89 bits per heavy atom. The molecule has 0 aromatic heterocycles. The lowest BCUT2D eigenvalue weighted by molar-refractivity contribution is -0.384. The summed E-state index contributed by atoms with van der Waals surface area (Å²) in [5, 5.41) is 10.7. The van der Waals surface area contributed by atoms with Gasteiger partial charge in [0.05, 0.1) is 10.8 Å². The first-order valence-electron chi connectivity index (χ1n) is 8.23. The van der Waals surface area contributed by atoms with E-state index < -0.39 is 11.3 Å². The smallest absolute Gasteiger partial charge is 0.258 e. The van der Waals surface area contributed by atoms with Crippen molar-refractivity contribution in [3.63, 3.8) is 0 Å². The molecule has 0 amide bonds. The molecule has 1 atom stereocenters. The number of nitrogens with zero attached hydrogens (tertiary/aromatic N) is 1. The molecule has 0 radical (unpaired) electrons. The quantitative estimate of drug-likeness (QED) is 0.338. The number of nitro benzene ring substituents is 1. The zero-order valence-corrected chi connectivity index (χ0v) is 14.2. The Labute approximate surface area is 155 Å². The van der Waals surface area contributed by atoms with Gasteiger partial charge in [0.15, 0.2) is 0 Å². The molecular weight excluding hydrogens is 348 g/mol. The summed E-state index contributed by atoms with van der Waals surface area (Å²) >= 11 is 0. The maximum absolute atomic E-state index is 12.8. The highest BCUT2D eigenvalue weighted by atomic mass is 19.3. The first kappa shape index (κ1) is 18.3. The van der Waals surface area contributed by atoms with Gasteiger partial charge in [0.25, 0.3) is 12.1 Å². The van der Waals surface area contributed by atoms with E-state index in [1.165, 1.54) is 24.3 Å². The summed E-state index contributed by atoms with van der Waals surface area (Å²) in [6, 6.07) is 21.6. The molecule has 0 saturated carbocycles. The van der Waals surface area contributed by atoms with Crippen LogP contribution in [-0.4, -0.2) is 4.92 Å². The number of nitro groups is 1. The number of non-ortho nitro benzene ring substituents is 1. The first-order chi connectivity index (χ1) is 13.0. The predicted molar refractivity (Wildman–Crippen MR) is 99.7 cm³/mol. The van der Waals surface area contributed by atoms with Gasteiger partial charge in [-0.3, -0.25) is 10.1 Å². The molecule has 0 fully saturated rings. The van der Waals surface area contributed by atoms with Crippen molar-refractivity contribution in [1.29, 1.82) is 0 Å². The lowest BCUT2D eigenvalue weighted by Crippen LogP contribution is -1.99. The fourth-order valence-corrected chi connectivity index (χ4v) is 2.66. The van der Waals surface area contributed by atoms with Crippen LogP contribution in [-0.2, 0) is 0 Å². The fraction of sp³-hybridized carbons (Fsp3) is 0.0909. The Morgan fingerprint density at radius 2 is 1.33 bits per heavy atom. The van der Waals surface area contributed by atoms with E-state index in [4.69, 9.17) is 0 Å². The van der Waals surface area contributed by atoms with Crippen LogP contribution in [0.4, 0.5) is 14.5 Å². The number of benzene rings is 3. The van der Waals surface area contributed by atoms with Gasteiger partial charge in [-0.1, -0.05) is 66.4 Å². The van der Waals surface area contributed by atoms with Crippen molar-refractivity contribution in [2.24, 2.45) is 0 Å². The van der Waals surface area contributed by atoms with Crippen molar-refractivity contribution in [2.75, 3.05) is 0 Å². The largest absolute Gasteiger partial charge is 0.269 e. The van der Waals surface area contributed by atoms with E-state index in [9.17, 15) is 18.9 Å². The molecule has 0 aliphatic carbocycles. The van der Waals surface area contributed by atoms with Crippen LogP contribution < -0.4 is 0 Å². The number of alkyl halides is 2. The maximum atomic E-state index is 12.8. The Hall–Kier alpha value is -3.52. The molecule has 0 N–H and O–H groups in total. The summed E-state index contributed by atoms with van der Waals surface area (Å²) in [7, 11) is 0. The molecule has 134 valence electrons. The first-order valence-corrected chi connectivity index (χ1v) is 8.23. The van der Waals surface area contributed by atoms with E-state index in [-0.39, 0.29) is 17.2 Å². The van der Waals surface area contributed by atoms with Crippen molar-refractivity contribution in [1.82, 2.24) is 0 Å². The van der Waals surface area contributed by atoms with Crippen LogP contribution in [0, 0.1) is 22.0 Å². The third-order valence-electron chi connectivity index (χ3n) is 4.09. The summed E-state index contributed by atoms with van der Waals surface area (Å²) in [6.45, 7) is 0. The lowest BCUT2D eigenvalue weighted by Gasteiger charge is -2.12. The van der Waals surface area contributed by atoms with Crippen molar-refractivity contribution in [3.8, 4) is 11.8 Å². The molecule has 3 aromatic carbocycles. The lowest BCUT2D eigenvalue weighted by atomic mass is 9.91. The van der Waals surface area contributed by atoms with Gasteiger partial charge < -0.3 is 0 Å². The number of hydrogen-bond donors (Lipinski definition) is 0. The van der Waals surface area contributed by atoms with E-state index in [0.717, 1.165) is 11.1 Å². The van der Waals surface area contributed by atoms with E-state index in [1.807, 2.05) is 30.3 Å². The van der Waals surface area contributed by atoms with Gasteiger partial charge in [-0.05, 0) is 23.3 Å². The van der Waals surface area contributed by atoms with Crippen molar-refractivity contribution < 1.29 is 13.7 Å². The Bertz CT molecular complexity index is 973. The minimum absolute atomic E-state index is 0.00254. The molecule has 5 heteroatoms. The number of halogens is 2. The van der Waals surface area contributed by atoms with Gasteiger partial charge in [-0.2, -0.15) is 0 Å². The summed E-state index contributed by atoms with van der Waals surface area (Å²) in [6.07, 6.45) is -2.51. The van der Waals surface area contributed by atoms with Gasteiger partial charge in [-0.15, -0.1) is 0 Å². The third kappa shape index (κ3) is 4.56. The molecule has 0 aliphatic rings. The Kier molecular flexibility index (Phi) is 5.58. The second-order valence-corrected chi connectivity index (χ2v) is 5.88. The van der Waals surface area contributed by atoms with Crippen LogP contribution in [0.5, 0.6) is 0 Å². The molecule has 3 nitrogen and oxygen atoms in total. The van der Waals surface area contributed by atoms with Crippen LogP contribution in [0.25, 0.3) is 0 Å². The standard InChI is InChI=1S/C22H15F2NO2/c23-22(24)19-11-9-18(10-12-19)21(17-4-2-1-3-5-17)15-8-16-6-13-20(14-7-16)25(26)27/h1-7,9-14,21-22H. The molecule has 0 heterocycles. The Balaban J connectivity index is 1.95. The zero-order valence-electron chi connectivity index (χ0n) is 14.2. The van der Waals surface area contributed by atoms with Crippen LogP contribution in [0.2, 0.25) is 0 Å². The van der Waals surface area contributed by atoms with E-state index in [1.54, 1.807) is 24.3 Å². The fourth-order valence-electron chi connectivity index (χ4n) is 2.66. The number of hydrogen-bond acceptors (Lipinski definition) is 2. The van der Waals surface area contributed by atoms with Crippen LogP contribution >= 0.6 is 0 Å². The van der Waals surface area contributed by atoms with Crippen LogP contribution in [0.15, 0.2) is 78.9 Å². The number of rotatable bonds is 4. The van der Waals surface area contributed by atoms with E-state index in [0.29, 0.717) is 5.56 Å². The van der Waals surface area contributed by atoms with Crippen molar-refractivity contribution in [2.45, 2.75) is 12.3 Å². The Morgan fingerprint density at radius 1 is 0.778 bits per heavy atom. The predicted octanol–water partition coefficient (Wildman–Crippen LogP) is 5.72. The molecule has 1 unspecified atom stereocenters. The van der Waals surface area contributed by atoms with Crippen molar-refractivity contribution >= 4 is 5.69 Å². The minimum Gasteiger partial charge on any atom is -0.258 e. The van der Waals surface area contributed by atoms with Crippen LogP contribution in [0.3, 0.4) is 0 Å². The topological polar surface area (TPSA) is 43.1 Å². The summed E-state index contributed by atoms with van der Waals surface area (Å²) < 4.78 is 25.6. The average molecular weight is 363 g/mol. The molecule has 0 aliphatic heterocycles. The molecule has 0 spiro atoms. The summed E-state index contributed by atoms with van der Waals surface area (Å²) in [5.41, 5.74) is 2.36. The molecule has 3 aromatic rings. The molecule has 3 rings (SSSR count). The minimum atomic E-state index is -2.51. The molecule has 0 saturated heterocycles. The van der Waals surface area contributed by atoms with E-state index >= 15 is 0 Å². The van der Waals surface area contributed by atoms with Crippen molar-refractivity contribution in [3.05, 3.63) is 111 Å². The third-order valence-corrected chi connectivity index (χ3v) is 4.09. The van der Waals surface area contributed by atoms with Gasteiger partial charge >= 0.3 is 0 Å². The maximum Gasteiger partial charge on any atom is 0.269 e. The highest BCUT2D eigenvalue weighted by Crippen LogP contribution is 2.27. The van der Waals surface area contributed by atoms with Gasteiger partial charge in [0.1, 0.15) is 0 Å². The van der Waals surface area contributed by atoms with Gasteiger partial charge in [0, 0.05) is 23.3 Å². The highest BCUT2D eigenvalue weighted by Gasteiger charge is 2.13. The average Bonchev–Trinajstić information content (AvgIpc) is 2.69. The molecule has 27 heavy (non-hydrogen) atoms.